The van der Waals surface area contributed by atoms with Gasteiger partial charge in [-0.15, -0.1) is 5.10 Å². The normalized spacial score (nSPS) is 11.3. The lowest BCUT2D eigenvalue weighted by atomic mass is 10.2. The Balaban J connectivity index is 2.27. The summed E-state index contributed by atoms with van der Waals surface area (Å²) in [6.07, 6.45) is 2.11. The zero-order valence-corrected chi connectivity index (χ0v) is 11.2. The number of aromatic nitrogens is 3. The summed E-state index contributed by atoms with van der Waals surface area (Å²) in [5, 5.41) is 7.86. The van der Waals surface area contributed by atoms with Gasteiger partial charge in [0.15, 0.2) is 5.69 Å². The van der Waals surface area contributed by atoms with Crippen molar-refractivity contribution >= 4 is 15.9 Å². The largest absolute Gasteiger partial charge is 0.286 e. The second-order valence-corrected chi connectivity index (χ2v) is 5.81. The highest BCUT2D eigenvalue weighted by Crippen LogP contribution is 2.08. The summed E-state index contributed by atoms with van der Waals surface area (Å²) in [6, 6.07) is 7.39. The smallest absolute Gasteiger partial charge is 0.266 e. The van der Waals surface area contributed by atoms with Gasteiger partial charge in [0.25, 0.3) is 5.91 Å². The lowest BCUT2D eigenvalue weighted by molar-refractivity contribution is 0.0976. The Bertz CT molecular complexity index is 721. The maximum Gasteiger partial charge on any atom is 0.286 e. The van der Waals surface area contributed by atoms with Crippen molar-refractivity contribution in [3.8, 4) is 5.69 Å². The Morgan fingerprint density at radius 2 is 2.11 bits per heavy atom. The van der Waals surface area contributed by atoms with Crippen molar-refractivity contribution in [3.63, 3.8) is 0 Å². The second kappa shape index (κ2) is 4.81. The third-order valence-corrected chi connectivity index (χ3v) is 2.79. The van der Waals surface area contributed by atoms with E-state index in [9.17, 15) is 13.2 Å². The molecule has 8 heteroatoms. The molecule has 0 aliphatic carbocycles. The average molecular weight is 280 g/mol. The number of carbonyl (C=O) groups excluding carboxylic acids is 1. The Kier molecular flexibility index (Phi) is 3.34. The molecule has 1 amide bonds. The van der Waals surface area contributed by atoms with Crippen molar-refractivity contribution in [2.45, 2.75) is 6.92 Å². The summed E-state index contributed by atoms with van der Waals surface area (Å²) >= 11 is 0. The number of nitrogens with zero attached hydrogens (tertiary/aromatic N) is 3. The molecule has 0 spiro atoms. The molecule has 0 fully saturated rings. The van der Waals surface area contributed by atoms with E-state index in [-0.39, 0.29) is 5.69 Å². The highest BCUT2D eigenvalue weighted by molar-refractivity contribution is 7.89. The van der Waals surface area contributed by atoms with E-state index >= 15 is 0 Å². The zero-order chi connectivity index (χ0) is 14.0. The van der Waals surface area contributed by atoms with Crippen LogP contribution in [-0.4, -0.2) is 35.6 Å². The number of hydrogen-bond donors (Lipinski definition) is 1. The van der Waals surface area contributed by atoms with E-state index in [4.69, 9.17) is 0 Å². The first-order valence-corrected chi connectivity index (χ1v) is 7.26. The van der Waals surface area contributed by atoms with Crippen molar-refractivity contribution in [2.75, 3.05) is 6.26 Å². The van der Waals surface area contributed by atoms with E-state index in [0.717, 1.165) is 11.8 Å². The molecule has 1 heterocycles. The fraction of sp³-hybridized carbons (Fsp3) is 0.182. The maximum absolute atomic E-state index is 11.6. The van der Waals surface area contributed by atoms with Gasteiger partial charge in [-0.1, -0.05) is 12.1 Å². The minimum atomic E-state index is -3.61. The van der Waals surface area contributed by atoms with Crippen LogP contribution in [0, 0.1) is 6.92 Å². The van der Waals surface area contributed by atoms with Crippen molar-refractivity contribution in [2.24, 2.45) is 0 Å². The molecular weight excluding hydrogens is 268 g/mol. The van der Waals surface area contributed by atoms with Crippen LogP contribution in [0.5, 0.6) is 0 Å². The van der Waals surface area contributed by atoms with Crippen LogP contribution in [0.15, 0.2) is 30.5 Å². The number of rotatable bonds is 3. The van der Waals surface area contributed by atoms with E-state index < -0.39 is 15.9 Å². The summed E-state index contributed by atoms with van der Waals surface area (Å²) in [5.41, 5.74) is 1.65. The number of hydrogen-bond acceptors (Lipinski definition) is 5. The van der Waals surface area contributed by atoms with E-state index in [0.29, 0.717) is 5.69 Å². The predicted molar refractivity (Wildman–Crippen MR) is 68.4 cm³/mol. The Hall–Kier alpha value is -2.22. The summed E-state index contributed by atoms with van der Waals surface area (Å²) in [4.78, 5) is 12.8. The van der Waals surface area contributed by atoms with Crippen molar-refractivity contribution in [1.82, 2.24) is 19.7 Å². The second-order valence-electron chi connectivity index (χ2n) is 4.06. The molecule has 100 valence electrons. The van der Waals surface area contributed by atoms with Crippen molar-refractivity contribution in [1.29, 1.82) is 0 Å². The number of benzene rings is 1. The van der Waals surface area contributed by atoms with E-state index in [1.807, 2.05) is 29.8 Å². The molecule has 0 atom stereocenters. The topological polar surface area (TPSA) is 94.0 Å². The molecule has 1 N–H and O–H groups in total. The standard InChI is InChI=1S/C11H12N4O3S/c1-8-4-3-5-9(6-8)15-12-7-10(13-15)11(16)14-19(2,17)18/h3-7H,1-2H3,(H,14,16). The highest BCUT2D eigenvalue weighted by Gasteiger charge is 2.15. The minimum absolute atomic E-state index is 0.0630. The van der Waals surface area contributed by atoms with Gasteiger partial charge in [-0.3, -0.25) is 4.79 Å². The molecule has 0 saturated heterocycles. The molecule has 7 nitrogen and oxygen atoms in total. The SMILES string of the molecule is Cc1cccc(-n2ncc(C(=O)NS(C)(=O)=O)n2)c1. The molecule has 19 heavy (non-hydrogen) atoms. The van der Waals surface area contributed by atoms with Gasteiger partial charge >= 0.3 is 0 Å². The van der Waals surface area contributed by atoms with E-state index in [1.54, 1.807) is 6.07 Å². The number of sulfonamides is 1. The molecule has 0 aliphatic heterocycles. The van der Waals surface area contributed by atoms with Gasteiger partial charge in [0, 0.05) is 0 Å². The van der Waals surface area contributed by atoms with Gasteiger partial charge < -0.3 is 0 Å². The monoisotopic (exact) mass is 280 g/mol. The molecule has 2 aromatic rings. The fourth-order valence-electron chi connectivity index (χ4n) is 1.46. The lowest BCUT2D eigenvalue weighted by Crippen LogP contribution is -2.29. The van der Waals surface area contributed by atoms with Crippen LogP contribution < -0.4 is 4.72 Å². The first kappa shape index (κ1) is 13.2. The zero-order valence-electron chi connectivity index (χ0n) is 10.4. The molecule has 1 aromatic heterocycles. The van der Waals surface area contributed by atoms with E-state index in [2.05, 4.69) is 10.2 Å². The van der Waals surface area contributed by atoms with Crippen LogP contribution in [-0.2, 0) is 10.0 Å². The van der Waals surface area contributed by atoms with Crippen LogP contribution in [0.4, 0.5) is 0 Å². The summed E-state index contributed by atoms with van der Waals surface area (Å²) < 4.78 is 23.7. The van der Waals surface area contributed by atoms with Gasteiger partial charge in [0.1, 0.15) is 0 Å². The molecule has 0 radical (unpaired) electrons. The van der Waals surface area contributed by atoms with Crippen LogP contribution in [0.1, 0.15) is 16.1 Å². The first-order valence-electron chi connectivity index (χ1n) is 5.37. The van der Waals surface area contributed by atoms with E-state index in [1.165, 1.54) is 11.0 Å². The number of carbonyl (C=O) groups is 1. The number of amides is 1. The summed E-state index contributed by atoms with van der Waals surface area (Å²) in [7, 11) is -3.61. The number of nitrogens with one attached hydrogen (secondary N) is 1. The van der Waals surface area contributed by atoms with Gasteiger partial charge in [-0.2, -0.15) is 9.90 Å². The molecule has 0 aliphatic rings. The molecule has 2 rings (SSSR count). The highest BCUT2D eigenvalue weighted by atomic mass is 32.2. The van der Waals surface area contributed by atoms with Crippen LogP contribution in [0.2, 0.25) is 0 Å². The Morgan fingerprint density at radius 1 is 1.37 bits per heavy atom. The van der Waals surface area contributed by atoms with Gasteiger partial charge in [0.05, 0.1) is 18.1 Å². The Morgan fingerprint density at radius 3 is 2.74 bits per heavy atom. The van der Waals surface area contributed by atoms with Crippen molar-refractivity contribution in [3.05, 3.63) is 41.7 Å². The van der Waals surface area contributed by atoms with Gasteiger partial charge in [0.2, 0.25) is 10.0 Å². The third kappa shape index (κ3) is 3.38. The predicted octanol–water partition coefficient (Wildman–Crippen LogP) is 0.265. The lowest BCUT2D eigenvalue weighted by Gasteiger charge is -2.00. The van der Waals surface area contributed by atoms with Crippen molar-refractivity contribution < 1.29 is 13.2 Å². The average Bonchev–Trinajstić information content (AvgIpc) is 2.75. The number of aryl methyl sites for hydroxylation is 1. The molecule has 0 bridgehead atoms. The summed E-state index contributed by atoms with van der Waals surface area (Å²) in [5.74, 6) is -0.804. The molecular formula is C11H12N4O3S. The fourth-order valence-corrected chi connectivity index (χ4v) is 1.91. The third-order valence-electron chi connectivity index (χ3n) is 2.24. The summed E-state index contributed by atoms with van der Waals surface area (Å²) in [6.45, 7) is 1.92. The van der Waals surface area contributed by atoms with Crippen LogP contribution in [0.25, 0.3) is 5.69 Å². The quantitative estimate of drug-likeness (QED) is 0.870. The first-order chi connectivity index (χ1) is 8.85. The van der Waals surface area contributed by atoms with Gasteiger partial charge in [-0.05, 0) is 24.6 Å². The van der Waals surface area contributed by atoms with Crippen LogP contribution >= 0.6 is 0 Å². The molecule has 0 saturated carbocycles. The Labute approximate surface area is 110 Å². The molecule has 0 unspecified atom stereocenters. The van der Waals surface area contributed by atoms with Crippen LogP contribution in [0.3, 0.4) is 0 Å². The maximum atomic E-state index is 11.6. The molecule has 1 aromatic carbocycles. The van der Waals surface area contributed by atoms with Gasteiger partial charge in [-0.25, -0.2) is 13.1 Å². The minimum Gasteiger partial charge on any atom is -0.266 e.